The first kappa shape index (κ1) is 20.9. The van der Waals surface area contributed by atoms with Crippen LogP contribution in [0.3, 0.4) is 0 Å². The Morgan fingerprint density at radius 3 is 2.52 bits per heavy atom. The van der Waals surface area contributed by atoms with Crippen molar-refractivity contribution in [3.05, 3.63) is 58.1 Å². The minimum atomic E-state index is -0.369. The predicted molar refractivity (Wildman–Crippen MR) is 113 cm³/mol. The summed E-state index contributed by atoms with van der Waals surface area (Å²) in [6.07, 6.45) is 0. The maximum atomic E-state index is 12.4. The molecule has 0 saturated heterocycles. The lowest BCUT2D eigenvalue weighted by Gasteiger charge is -2.13. The fourth-order valence-electron chi connectivity index (χ4n) is 2.29. The molecule has 0 aliphatic carbocycles. The number of hydrogen-bond acceptors (Lipinski definition) is 4. The van der Waals surface area contributed by atoms with Crippen LogP contribution >= 0.6 is 28.1 Å². The van der Waals surface area contributed by atoms with Crippen molar-refractivity contribution < 1.29 is 14.3 Å². The van der Waals surface area contributed by atoms with Crippen LogP contribution in [-0.4, -0.2) is 30.1 Å². The first-order valence-corrected chi connectivity index (χ1v) is 9.58. The summed E-state index contributed by atoms with van der Waals surface area (Å²) in [4.78, 5) is 24.5. The Labute approximate surface area is 171 Å². The number of carbonyl (C=O) groups excluding carboxylic acids is 2. The summed E-state index contributed by atoms with van der Waals surface area (Å²) < 4.78 is 6.11. The summed E-state index contributed by atoms with van der Waals surface area (Å²) in [5.74, 6) is 0.0718. The zero-order valence-electron chi connectivity index (χ0n) is 15.0. The molecule has 0 aliphatic rings. The van der Waals surface area contributed by atoms with E-state index in [0.29, 0.717) is 40.2 Å². The minimum Gasteiger partial charge on any atom is -0.493 e. The van der Waals surface area contributed by atoms with E-state index in [0.717, 1.165) is 0 Å². The van der Waals surface area contributed by atoms with Crippen LogP contribution in [0.25, 0.3) is 0 Å². The highest BCUT2D eigenvalue weighted by Gasteiger charge is 2.14. The number of thiocarbonyl (C=S) groups is 1. The van der Waals surface area contributed by atoms with E-state index in [2.05, 4.69) is 31.9 Å². The van der Waals surface area contributed by atoms with Crippen molar-refractivity contribution in [1.29, 1.82) is 0 Å². The predicted octanol–water partition coefficient (Wildman–Crippen LogP) is 3.72. The van der Waals surface area contributed by atoms with Crippen LogP contribution in [0.2, 0.25) is 0 Å². The average Bonchev–Trinajstić information content (AvgIpc) is 2.64. The van der Waals surface area contributed by atoms with Gasteiger partial charge >= 0.3 is 0 Å². The number of para-hydroxylation sites is 1. The molecule has 2 aromatic carbocycles. The Kier molecular flexibility index (Phi) is 7.75. The van der Waals surface area contributed by atoms with Crippen LogP contribution in [0.5, 0.6) is 5.75 Å². The van der Waals surface area contributed by atoms with Crippen LogP contribution in [0.4, 0.5) is 5.69 Å². The van der Waals surface area contributed by atoms with Gasteiger partial charge in [-0.1, -0.05) is 12.1 Å². The Balaban J connectivity index is 2.07. The molecule has 0 bridgehead atoms. The van der Waals surface area contributed by atoms with Crippen molar-refractivity contribution >= 4 is 50.8 Å². The highest BCUT2D eigenvalue weighted by molar-refractivity contribution is 9.10. The second-order valence-electron chi connectivity index (χ2n) is 5.39. The lowest BCUT2D eigenvalue weighted by atomic mass is 10.1. The first-order chi connectivity index (χ1) is 13.0. The van der Waals surface area contributed by atoms with E-state index >= 15 is 0 Å². The molecule has 0 aliphatic heterocycles. The topological polar surface area (TPSA) is 79.5 Å². The highest BCUT2D eigenvalue weighted by atomic mass is 79.9. The molecule has 8 heteroatoms. The first-order valence-electron chi connectivity index (χ1n) is 8.38. The molecule has 0 unspecified atom stereocenters. The molecule has 0 radical (unpaired) electrons. The maximum absolute atomic E-state index is 12.4. The molecule has 2 amide bonds. The second kappa shape index (κ2) is 10.0. The fraction of sp³-hybridized carbons (Fsp3) is 0.211. The number of ether oxygens (including phenoxy) is 1. The number of halogens is 1. The van der Waals surface area contributed by atoms with Crippen molar-refractivity contribution in [3.8, 4) is 5.75 Å². The van der Waals surface area contributed by atoms with Gasteiger partial charge in [-0.15, -0.1) is 0 Å². The van der Waals surface area contributed by atoms with Gasteiger partial charge in [0.25, 0.3) is 11.8 Å². The zero-order valence-corrected chi connectivity index (χ0v) is 17.4. The molecule has 6 nitrogen and oxygen atoms in total. The molecule has 27 heavy (non-hydrogen) atoms. The van der Waals surface area contributed by atoms with Gasteiger partial charge in [-0.05, 0) is 72.3 Å². The molecule has 3 N–H and O–H groups in total. The molecule has 142 valence electrons. The third kappa shape index (κ3) is 5.77. The van der Waals surface area contributed by atoms with Gasteiger partial charge in [0.05, 0.1) is 22.3 Å². The van der Waals surface area contributed by atoms with Crippen molar-refractivity contribution in [2.24, 2.45) is 0 Å². The van der Waals surface area contributed by atoms with Crippen molar-refractivity contribution in [3.63, 3.8) is 0 Å². The molecule has 0 fully saturated rings. The smallest absolute Gasteiger partial charge is 0.257 e. The SMILES string of the molecule is CCNC(=O)c1ccccc1NC(=S)NC(=O)c1ccc(OCC)c(Br)c1. The third-order valence-electron chi connectivity index (χ3n) is 3.48. The highest BCUT2D eigenvalue weighted by Crippen LogP contribution is 2.26. The fourth-order valence-corrected chi connectivity index (χ4v) is 2.99. The normalized spacial score (nSPS) is 10.0. The third-order valence-corrected chi connectivity index (χ3v) is 4.30. The molecule has 0 saturated carbocycles. The summed E-state index contributed by atoms with van der Waals surface area (Å²) in [6.45, 7) is 4.77. The Hall–Kier alpha value is -2.45. The van der Waals surface area contributed by atoms with E-state index in [-0.39, 0.29) is 16.9 Å². The number of amides is 2. The van der Waals surface area contributed by atoms with E-state index in [9.17, 15) is 9.59 Å². The van der Waals surface area contributed by atoms with Gasteiger partial charge in [0.2, 0.25) is 0 Å². The lowest BCUT2D eigenvalue weighted by Crippen LogP contribution is -2.35. The van der Waals surface area contributed by atoms with E-state index < -0.39 is 0 Å². The number of benzene rings is 2. The maximum Gasteiger partial charge on any atom is 0.257 e. The van der Waals surface area contributed by atoms with Crippen molar-refractivity contribution in [2.75, 3.05) is 18.5 Å². The molecular weight excluding hydrogens is 430 g/mol. The number of carbonyl (C=O) groups is 2. The molecule has 0 heterocycles. The summed E-state index contributed by atoms with van der Waals surface area (Å²) in [5.41, 5.74) is 1.38. The number of nitrogens with one attached hydrogen (secondary N) is 3. The lowest BCUT2D eigenvalue weighted by molar-refractivity contribution is 0.0954. The standard InChI is InChI=1S/C19H20BrN3O3S/c1-3-21-18(25)13-7-5-6-8-15(13)22-19(27)23-17(24)12-9-10-16(26-4-2)14(20)11-12/h5-11H,3-4H2,1-2H3,(H,21,25)(H2,22,23,24,27). The monoisotopic (exact) mass is 449 g/mol. The molecule has 0 atom stereocenters. The Morgan fingerprint density at radius 1 is 1.11 bits per heavy atom. The summed E-state index contributed by atoms with van der Waals surface area (Å²) in [5, 5.41) is 8.34. The van der Waals surface area contributed by atoms with E-state index in [4.69, 9.17) is 17.0 Å². The van der Waals surface area contributed by atoms with Gasteiger partial charge in [-0.2, -0.15) is 0 Å². The molecule has 0 aromatic heterocycles. The van der Waals surface area contributed by atoms with Crippen LogP contribution < -0.4 is 20.7 Å². The minimum absolute atomic E-state index is 0.0988. The second-order valence-corrected chi connectivity index (χ2v) is 6.65. The molecule has 2 aromatic rings. The Morgan fingerprint density at radius 2 is 1.85 bits per heavy atom. The van der Waals surface area contributed by atoms with Gasteiger partial charge in [0.15, 0.2) is 5.11 Å². The van der Waals surface area contributed by atoms with Crippen LogP contribution in [-0.2, 0) is 0 Å². The van der Waals surface area contributed by atoms with Gasteiger partial charge in [0, 0.05) is 12.1 Å². The summed E-state index contributed by atoms with van der Waals surface area (Å²) in [7, 11) is 0. The van der Waals surface area contributed by atoms with Crippen molar-refractivity contribution in [2.45, 2.75) is 13.8 Å². The van der Waals surface area contributed by atoms with E-state index in [1.54, 1.807) is 42.5 Å². The number of anilines is 1. The van der Waals surface area contributed by atoms with Gasteiger partial charge in [-0.25, -0.2) is 0 Å². The van der Waals surface area contributed by atoms with Crippen molar-refractivity contribution in [1.82, 2.24) is 10.6 Å². The summed E-state index contributed by atoms with van der Waals surface area (Å²) >= 11 is 8.59. The zero-order chi connectivity index (χ0) is 19.8. The summed E-state index contributed by atoms with van der Waals surface area (Å²) in [6, 6.07) is 12.0. The van der Waals surface area contributed by atoms with Crippen LogP contribution in [0, 0.1) is 0 Å². The van der Waals surface area contributed by atoms with Gasteiger partial charge in [0.1, 0.15) is 5.75 Å². The van der Waals surface area contributed by atoms with E-state index in [1.807, 2.05) is 13.8 Å². The number of rotatable bonds is 6. The van der Waals surface area contributed by atoms with Crippen LogP contribution in [0.1, 0.15) is 34.6 Å². The van der Waals surface area contributed by atoms with Gasteiger partial charge in [-0.3, -0.25) is 14.9 Å². The quantitative estimate of drug-likeness (QED) is 0.585. The largest absolute Gasteiger partial charge is 0.493 e. The molecular formula is C19H20BrN3O3S. The number of hydrogen-bond donors (Lipinski definition) is 3. The average molecular weight is 450 g/mol. The van der Waals surface area contributed by atoms with Crippen LogP contribution in [0.15, 0.2) is 46.9 Å². The Bertz CT molecular complexity index is 858. The molecule has 2 rings (SSSR count). The molecule has 0 spiro atoms. The van der Waals surface area contributed by atoms with E-state index in [1.165, 1.54) is 0 Å². The van der Waals surface area contributed by atoms with Gasteiger partial charge < -0.3 is 15.4 Å².